The van der Waals surface area contributed by atoms with Crippen LogP contribution in [0.3, 0.4) is 0 Å². The second-order valence-electron chi connectivity index (χ2n) is 14.5. The average Bonchev–Trinajstić information content (AvgIpc) is 3.64. The number of rotatable bonds is 4. The minimum absolute atomic E-state index is 0.0959. The summed E-state index contributed by atoms with van der Waals surface area (Å²) in [6.07, 6.45) is 12.5. The van der Waals surface area contributed by atoms with Crippen molar-refractivity contribution < 1.29 is 4.42 Å². The fourth-order valence-electron chi connectivity index (χ4n) is 8.78. The van der Waals surface area contributed by atoms with Crippen molar-refractivity contribution in [1.82, 2.24) is 0 Å². The van der Waals surface area contributed by atoms with Crippen molar-refractivity contribution in [2.75, 3.05) is 4.90 Å². The molecule has 6 aromatic carbocycles. The molecule has 3 aliphatic carbocycles. The van der Waals surface area contributed by atoms with E-state index in [1.165, 1.54) is 83.1 Å². The van der Waals surface area contributed by atoms with Gasteiger partial charge in [0.15, 0.2) is 0 Å². The third kappa shape index (κ3) is 4.65. The van der Waals surface area contributed by atoms with Gasteiger partial charge in [-0.3, -0.25) is 0 Å². The Morgan fingerprint density at radius 1 is 0.686 bits per heavy atom. The van der Waals surface area contributed by atoms with Gasteiger partial charge in [-0.1, -0.05) is 135 Å². The molecular weight excluding hydrogens is 619 g/mol. The van der Waals surface area contributed by atoms with Crippen LogP contribution in [0.5, 0.6) is 0 Å². The Hall–Kier alpha value is -6.04. The van der Waals surface area contributed by atoms with Crippen molar-refractivity contribution in [2.24, 2.45) is 0 Å². The third-order valence-electron chi connectivity index (χ3n) is 11.3. The van der Waals surface area contributed by atoms with E-state index < -0.39 is 0 Å². The number of benzene rings is 6. The number of nitrogens with zero attached hydrogens (tertiary/aromatic N) is 1. The lowest BCUT2D eigenvalue weighted by Gasteiger charge is -2.33. The Kier molecular flexibility index (Phi) is 6.73. The monoisotopic (exact) mass is 655 g/mol. The zero-order valence-corrected chi connectivity index (χ0v) is 29.0. The van der Waals surface area contributed by atoms with Gasteiger partial charge in [-0.15, -0.1) is 0 Å². The molecule has 1 aromatic heterocycles. The van der Waals surface area contributed by atoms with Crippen molar-refractivity contribution >= 4 is 55.7 Å². The predicted octanol–water partition coefficient (Wildman–Crippen LogP) is 12.9. The van der Waals surface area contributed by atoms with E-state index in [9.17, 15) is 0 Å². The molecule has 0 N–H and O–H groups in total. The number of anilines is 2. The van der Waals surface area contributed by atoms with Gasteiger partial charge in [0.1, 0.15) is 11.2 Å². The summed E-state index contributed by atoms with van der Waals surface area (Å²) in [5, 5.41) is 4.86. The van der Waals surface area contributed by atoms with E-state index in [0.29, 0.717) is 0 Å². The highest BCUT2D eigenvalue weighted by Gasteiger charge is 2.36. The first-order valence-electron chi connectivity index (χ1n) is 18.1. The molecule has 0 aliphatic heterocycles. The van der Waals surface area contributed by atoms with Gasteiger partial charge in [0.2, 0.25) is 0 Å². The summed E-state index contributed by atoms with van der Waals surface area (Å²) in [6.45, 7) is 4.73. The normalized spacial score (nSPS) is 16.3. The zero-order chi connectivity index (χ0) is 34.1. The standard InChI is InChI=1S/C49H37NO/c1-49(2)43-20-9-7-16-39(43)40-30-29-36(31-44(40)49)50(45-21-11-14-34-24-23-32-13-5-3-4-6-15-37(32)47(34)45)35-27-25-33(26-28-35)38-18-12-19-42-41-17-8-10-22-46(41)51-48(38)42/h5,7-14,16-25,27,29-31H,3,15,26,28H2,1-2H3/b13-5-. The largest absolute Gasteiger partial charge is 0.455 e. The maximum atomic E-state index is 6.47. The van der Waals surface area contributed by atoms with Gasteiger partial charge in [0.25, 0.3) is 0 Å². The molecule has 244 valence electrons. The van der Waals surface area contributed by atoms with Crippen molar-refractivity contribution in [3.63, 3.8) is 0 Å². The molecule has 0 saturated heterocycles. The van der Waals surface area contributed by atoms with Gasteiger partial charge >= 0.3 is 0 Å². The molecule has 0 atom stereocenters. The topological polar surface area (TPSA) is 16.4 Å². The van der Waals surface area contributed by atoms with Crippen LogP contribution in [-0.4, -0.2) is 0 Å². The van der Waals surface area contributed by atoms with Gasteiger partial charge < -0.3 is 9.32 Å². The minimum atomic E-state index is -0.0959. The highest BCUT2D eigenvalue weighted by atomic mass is 16.3. The molecule has 0 fully saturated rings. The number of furan rings is 1. The second kappa shape index (κ2) is 11.5. The number of allylic oxidation sites excluding steroid dienone is 5. The Morgan fingerprint density at radius 2 is 1.51 bits per heavy atom. The van der Waals surface area contributed by atoms with E-state index in [-0.39, 0.29) is 5.41 Å². The highest BCUT2D eigenvalue weighted by molar-refractivity contribution is 6.08. The van der Waals surface area contributed by atoms with Crippen LogP contribution in [0.15, 0.2) is 144 Å². The van der Waals surface area contributed by atoms with Crippen LogP contribution in [0.1, 0.15) is 60.9 Å². The molecule has 0 unspecified atom stereocenters. The van der Waals surface area contributed by atoms with Crippen molar-refractivity contribution in [3.05, 3.63) is 167 Å². The zero-order valence-electron chi connectivity index (χ0n) is 29.0. The molecule has 0 spiro atoms. The summed E-state index contributed by atoms with van der Waals surface area (Å²) in [7, 11) is 0. The molecule has 0 saturated carbocycles. The molecule has 2 nitrogen and oxygen atoms in total. The van der Waals surface area contributed by atoms with Crippen LogP contribution in [0.4, 0.5) is 11.4 Å². The fourth-order valence-corrected chi connectivity index (χ4v) is 8.78. The molecule has 51 heavy (non-hydrogen) atoms. The summed E-state index contributed by atoms with van der Waals surface area (Å²) < 4.78 is 6.47. The molecule has 3 aliphatic rings. The van der Waals surface area contributed by atoms with Crippen LogP contribution >= 0.6 is 0 Å². The second-order valence-corrected chi connectivity index (χ2v) is 14.5. The van der Waals surface area contributed by atoms with Gasteiger partial charge in [-0.05, 0) is 87.5 Å². The smallest absolute Gasteiger partial charge is 0.142 e. The van der Waals surface area contributed by atoms with Gasteiger partial charge in [-0.2, -0.15) is 0 Å². The fraction of sp³-hybridized carbons (Fsp3) is 0.143. The van der Waals surface area contributed by atoms with Crippen LogP contribution in [0.25, 0.3) is 55.5 Å². The summed E-state index contributed by atoms with van der Waals surface area (Å²) in [5.41, 5.74) is 16.0. The van der Waals surface area contributed by atoms with Gasteiger partial charge in [0.05, 0.1) is 5.69 Å². The predicted molar refractivity (Wildman–Crippen MR) is 214 cm³/mol. The van der Waals surface area contributed by atoms with Crippen LogP contribution in [0, 0.1) is 11.8 Å². The summed E-state index contributed by atoms with van der Waals surface area (Å²) in [4.78, 5) is 2.53. The van der Waals surface area contributed by atoms with E-state index in [4.69, 9.17) is 4.42 Å². The molecule has 2 heteroatoms. The molecular formula is C49H37NO. The van der Waals surface area contributed by atoms with Crippen LogP contribution in [0.2, 0.25) is 0 Å². The number of para-hydroxylation sites is 2. The quantitative estimate of drug-likeness (QED) is 0.175. The van der Waals surface area contributed by atoms with Gasteiger partial charge in [0, 0.05) is 51.4 Å². The SMILES string of the molecule is CC1(C)c2ccccc2-c2ccc(N(C3=CC=C(c4cccc5c4oc4ccccc45)CC3)c3cccc4ccc5c(c34)CC#CC/C=C\5)cc21. The lowest BCUT2D eigenvalue weighted by molar-refractivity contribution is 0.660. The first-order valence-corrected chi connectivity index (χ1v) is 18.1. The number of hydrogen-bond donors (Lipinski definition) is 0. The van der Waals surface area contributed by atoms with Crippen molar-refractivity contribution in [3.8, 4) is 23.0 Å². The van der Waals surface area contributed by atoms with E-state index >= 15 is 0 Å². The Balaban J connectivity index is 1.17. The summed E-state index contributed by atoms with van der Waals surface area (Å²) in [5.74, 6) is 6.82. The first kappa shape index (κ1) is 29.8. The summed E-state index contributed by atoms with van der Waals surface area (Å²) in [6, 6.07) is 42.2. The van der Waals surface area contributed by atoms with Crippen LogP contribution < -0.4 is 4.90 Å². The number of hydrogen-bond acceptors (Lipinski definition) is 2. The minimum Gasteiger partial charge on any atom is -0.455 e. The first-order chi connectivity index (χ1) is 25.1. The third-order valence-corrected chi connectivity index (χ3v) is 11.3. The molecule has 10 rings (SSSR count). The molecule has 0 bridgehead atoms. The molecule has 0 amide bonds. The van der Waals surface area contributed by atoms with E-state index in [0.717, 1.165) is 36.8 Å². The van der Waals surface area contributed by atoms with E-state index in [2.05, 4.69) is 164 Å². The Morgan fingerprint density at radius 3 is 2.43 bits per heavy atom. The summed E-state index contributed by atoms with van der Waals surface area (Å²) >= 11 is 0. The van der Waals surface area contributed by atoms with Crippen molar-refractivity contribution in [1.29, 1.82) is 0 Å². The van der Waals surface area contributed by atoms with Crippen LogP contribution in [-0.2, 0) is 11.8 Å². The lowest BCUT2D eigenvalue weighted by atomic mass is 9.82. The van der Waals surface area contributed by atoms with E-state index in [1.807, 2.05) is 6.07 Å². The van der Waals surface area contributed by atoms with Gasteiger partial charge in [-0.25, -0.2) is 0 Å². The maximum Gasteiger partial charge on any atom is 0.142 e. The molecule has 1 heterocycles. The number of fused-ring (bicyclic) bond motifs is 9. The molecule has 0 radical (unpaired) electrons. The maximum absolute atomic E-state index is 6.47. The van der Waals surface area contributed by atoms with E-state index in [1.54, 1.807) is 0 Å². The lowest BCUT2D eigenvalue weighted by Crippen LogP contribution is -2.20. The molecule has 7 aromatic rings. The Bertz CT molecular complexity index is 2740. The van der Waals surface area contributed by atoms with Crippen molar-refractivity contribution in [2.45, 2.75) is 44.9 Å². The Labute approximate surface area is 299 Å². The highest BCUT2D eigenvalue weighted by Crippen LogP contribution is 2.51. The average molecular weight is 656 g/mol.